The van der Waals surface area contributed by atoms with E-state index in [1.165, 1.54) is 10.7 Å². The predicted octanol–water partition coefficient (Wildman–Crippen LogP) is 1.43. The number of carbonyl (C=O) groups excluding carboxylic acids is 2. The van der Waals surface area contributed by atoms with Gasteiger partial charge < -0.3 is 10.6 Å². The van der Waals surface area contributed by atoms with Gasteiger partial charge in [-0.2, -0.15) is 9.61 Å². The first-order chi connectivity index (χ1) is 15.2. The zero-order valence-electron chi connectivity index (χ0n) is 16.9. The van der Waals surface area contributed by atoms with Gasteiger partial charge in [-0.05, 0) is 31.2 Å². The molecule has 0 unspecified atom stereocenters. The van der Waals surface area contributed by atoms with Gasteiger partial charge >= 0.3 is 0 Å². The van der Waals surface area contributed by atoms with Gasteiger partial charge in [-0.3, -0.25) is 14.3 Å². The Morgan fingerprint density at radius 1 is 1.29 bits per heavy atom. The van der Waals surface area contributed by atoms with Crippen LogP contribution in [0.5, 0.6) is 0 Å². The fourth-order valence-electron chi connectivity index (χ4n) is 3.06. The van der Waals surface area contributed by atoms with Crippen LogP contribution in [0, 0.1) is 0 Å². The molecule has 0 radical (unpaired) electrons. The van der Waals surface area contributed by atoms with Crippen molar-refractivity contribution in [2.75, 3.05) is 29.3 Å². The summed E-state index contributed by atoms with van der Waals surface area (Å²) in [6.07, 6.45) is 10.3. The lowest BCUT2D eigenvalue weighted by molar-refractivity contribution is 0.0366. The highest BCUT2D eigenvalue weighted by Gasteiger charge is 2.21. The van der Waals surface area contributed by atoms with Crippen LogP contribution in [0.15, 0.2) is 66.5 Å². The molecule has 1 aliphatic rings. The molecule has 3 aromatic heterocycles. The maximum absolute atomic E-state index is 12.4. The highest BCUT2D eigenvalue weighted by atomic mass is 16.6. The lowest BCUT2D eigenvalue weighted by Gasteiger charge is -2.26. The van der Waals surface area contributed by atoms with E-state index in [0.29, 0.717) is 29.6 Å². The minimum atomic E-state index is -0.462. The van der Waals surface area contributed by atoms with Gasteiger partial charge in [0.25, 0.3) is 5.91 Å². The maximum Gasteiger partial charge on any atom is 0.280 e. The van der Waals surface area contributed by atoms with Crippen molar-refractivity contribution in [3.8, 4) is 0 Å². The molecule has 158 valence electrons. The maximum atomic E-state index is 12.4. The first-order valence-corrected chi connectivity index (χ1v) is 9.48. The van der Waals surface area contributed by atoms with Crippen LogP contribution >= 0.6 is 0 Å². The van der Waals surface area contributed by atoms with E-state index in [1.54, 1.807) is 48.1 Å². The summed E-state index contributed by atoms with van der Waals surface area (Å²) in [6, 6.07) is 5.42. The van der Waals surface area contributed by atoms with Gasteiger partial charge in [-0.25, -0.2) is 20.3 Å². The summed E-state index contributed by atoms with van der Waals surface area (Å²) in [4.78, 5) is 33.7. The van der Waals surface area contributed by atoms with Crippen molar-refractivity contribution in [3.63, 3.8) is 0 Å². The molecule has 0 spiro atoms. The third kappa shape index (κ3) is 3.78. The molecule has 1 aliphatic heterocycles. The normalized spacial score (nSPS) is 13.2. The van der Waals surface area contributed by atoms with Gasteiger partial charge in [0, 0.05) is 31.7 Å². The number of fused-ring (bicyclic) bond motifs is 1. The molecule has 0 saturated heterocycles. The summed E-state index contributed by atoms with van der Waals surface area (Å²) < 4.78 is 3.25. The molecule has 0 saturated carbocycles. The molecular formula is C20H20N8O3. The van der Waals surface area contributed by atoms with Crippen LogP contribution in [0.2, 0.25) is 0 Å². The predicted molar refractivity (Wildman–Crippen MR) is 114 cm³/mol. The quantitative estimate of drug-likeness (QED) is 0.388. The van der Waals surface area contributed by atoms with Crippen LogP contribution in [-0.2, 0) is 9.63 Å². The molecule has 3 N–H and O–H groups in total. The van der Waals surface area contributed by atoms with Crippen molar-refractivity contribution < 1.29 is 14.4 Å². The summed E-state index contributed by atoms with van der Waals surface area (Å²) in [6.45, 7) is 2.09. The molecule has 0 atom stereocenters. The standard InChI is InChI=1S/C20H20N8O3/c1-3-31-25-20(30)14-12-22-28-18(21-2)11-17(24-19(14)28)23-15-7-6-10-27(16(15)13-29)26-8-4-5-9-26/h4-12,21H,3H2,1-2H3,(H,23,24)(H,25,30). The molecule has 31 heavy (non-hydrogen) atoms. The lowest BCUT2D eigenvalue weighted by Crippen LogP contribution is -2.31. The number of amides is 1. The van der Waals surface area contributed by atoms with E-state index in [1.807, 2.05) is 30.5 Å². The molecule has 0 fully saturated rings. The van der Waals surface area contributed by atoms with Crippen molar-refractivity contribution in [3.05, 3.63) is 72.1 Å². The Bertz CT molecular complexity index is 1220. The highest BCUT2D eigenvalue weighted by molar-refractivity contribution is 5.99. The second-order valence-electron chi connectivity index (χ2n) is 6.34. The first kappa shape index (κ1) is 20.0. The van der Waals surface area contributed by atoms with Gasteiger partial charge in [0.1, 0.15) is 17.2 Å². The van der Waals surface area contributed by atoms with Gasteiger partial charge in [0.05, 0.1) is 18.5 Å². The zero-order chi connectivity index (χ0) is 21.8. The molecule has 1 amide bonds. The van der Waals surface area contributed by atoms with Crippen LogP contribution in [0.25, 0.3) is 5.65 Å². The molecule has 4 rings (SSSR count). The number of hydroxylamine groups is 1. The largest absolute Gasteiger partial charge is 0.373 e. The average molecular weight is 420 g/mol. The Morgan fingerprint density at radius 2 is 2.10 bits per heavy atom. The Morgan fingerprint density at radius 3 is 2.81 bits per heavy atom. The van der Waals surface area contributed by atoms with Crippen molar-refractivity contribution in [2.45, 2.75) is 6.92 Å². The topological polar surface area (TPSA) is 118 Å². The van der Waals surface area contributed by atoms with E-state index in [0.717, 1.165) is 0 Å². The fourth-order valence-corrected chi connectivity index (χ4v) is 3.06. The number of allylic oxidation sites excluding steroid dienone is 2. The number of rotatable bonds is 7. The van der Waals surface area contributed by atoms with Crippen LogP contribution < -0.4 is 21.1 Å². The summed E-state index contributed by atoms with van der Waals surface area (Å²) in [5.41, 5.74) is 3.67. The van der Waals surface area contributed by atoms with Crippen molar-refractivity contribution in [1.82, 2.24) is 24.8 Å². The second kappa shape index (κ2) is 8.57. The number of nitrogens with one attached hydrogen (secondary N) is 3. The number of hydrogen-bond acceptors (Lipinski definition) is 8. The molecule has 0 aliphatic carbocycles. The molecule has 0 aromatic carbocycles. The van der Waals surface area contributed by atoms with Crippen LogP contribution in [0.1, 0.15) is 17.3 Å². The minimum Gasteiger partial charge on any atom is -0.373 e. The zero-order valence-corrected chi connectivity index (χ0v) is 16.9. The van der Waals surface area contributed by atoms with E-state index >= 15 is 0 Å². The third-order valence-corrected chi connectivity index (χ3v) is 4.45. The Balaban J connectivity index is 1.69. The summed E-state index contributed by atoms with van der Waals surface area (Å²) >= 11 is 0. The van der Waals surface area contributed by atoms with E-state index in [2.05, 4.69) is 26.2 Å². The number of nitrogens with zero attached hydrogens (tertiary/aromatic N) is 5. The van der Waals surface area contributed by atoms with Gasteiger partial charge in [0.15, 0.2) is 17.3 Å². The van der Waals surface area contributed by atoms with E-state index < -0.39 is 5.91 Å². The number of anilines is 2. The molecule has 11 nitrogen and oxygen atoms in total. The average Bonchev–Trinajstić information content (AvgIpc) is 3.47. The minimum absolute atomic E-state index is 0.242. The molecule has 11 heteroatoms. The lowest BCUT2D eigenvalue weighted by atomic mass is 10.2. The highest BCUT2D eigenvalue weighted by Crippen LogP contribution is 2.23. The first-order valence-electron chi connectivity index (χ1n) is 9.48. The Labute approximate surface area is 177 Å². The Hall–Kier alpha value is -4.34. The monoisotopic (exact) mass is 420 g/mol. The third-order valence-electron chi connectivity index (χ3n) is 4.45. The van der Waals surface area contributed by atoms with E-state index in [9.17, 15) is 9.59 Å². The summed E-state index contributed by atoms with van der Waals surface area (Å²) in [5, 5.41) is 12.0. The molecule has 0 bridgehead atoms. The van der Waals surface area contributed by atoms with E-state index in [-0.39, 0.29) is 11.3 Å². The molecule has 4 heterocycles. The summed E-state index contributed by atoms with van der Waals surface area (Å²) in [5.74, 6) is 2.51. The van der Waals surface area contributed by atoms with Crippen molar-refractivity contribution >= 4 is 29.1 Å². The fraction of sp³-hybridized carbons (Fsp3) is 0.150. The van der Waals surface area contributed by atoms with Crippen molar-refractivity contribution in [2.24, 2.45) is 0 Å². The van der Waals surface area contributed by atoms with Gasteiger partial charge in [0.2, 0.25) is 0 Å². The number of carbonyl (C=O) groups is 1. The number of aromatic nitrogens is 4. The van der Waals surface area contributed by atoms with Gasteiger partial charge in [-0.15, -0.1) is 0 Å². The van der Waals surface area contributed by atoms with Crippen LogP contribution in [0.4, 0.5) is 11.6 Å². The second-order valence-corrected chi connectivity index (χ2v) is 6.34. The smallest absolute Gasteiger partial charge is 0.280 e. The summed E-state index contributed by atoms with van der Waals surface area (Å²) in [7, 11) is 1.73. The van der Waals surface area contributed by atoms with E-state index in [4.69, 9.17) is 4.84 Å². The number of hydrogen-bond donors (Lipinski definition) is 3. The molecular weight excluding hydrogens is 400 g/mol. The Kier molecular flexibility index (Phi) is 5.52. The van der Waals surface area contributed by atoms with Crippen LogP contribution in [0.3, 0.4) is 0 Å². The SMILES string of the molecule is CCONC(=O)c1cnn2c(NC)cc(NC3=CC=CN(n4cccc4)C3=C=O)nc12. The molecule has 3 aromatic rings. The van der Waals surface area contributed by atoms with Crippen LogP contribution in [-0.4, -0.2) is 44.8 Å². The van der Waals surface area contributed by atoms with Crippen molar-refractivity contribution in [1.29, 1.82) is 0 Å². The van der Waals surface area contributed by atoms with Gasteiger partial charge in [-0.1, -0.05) is 0 Å².